The van der Waals surface area contributed by atoms with E-state index in [0.29, 0.717) is 0 Å². The molecule has 0 radical (unpaired) electrons. The first kappa shape index (κ1) is 9.43. The SMILES string of the molecule is COc1cccc(-c2csc(=O)s2)c1. The van der Waals surface area contributed by atoms with E-state index in [0.717, 1.165) is 16.2 Å². The van der Waals surface area contributed by atoms with Crippen LogP contribution >= 0.6 is 22.7 Å². The normalized spacial score (nSPS) is 10.1. The Balaban J connectivity index is 2.46. The van der Waals surface area contributed by atoms with Crippen LogP contribution in [0.4, 0.5) is 0 Å². The fourth-order valence-electron chi connectivity index (χ4n) is 1.14. The van der Waals surface area contributed by atoms with E-state index < -0.39 is 0 Å². The first-order valence-electron chi connectivity index (χ1n) is 4.02. The Morgan fingerprint density at radius 2 is 2.21 bits per heavy atom. The molecule has 2 aromatic rings. The summed E-state index contributed by atoms with van der Waals surface area (Å²) in [4.78, 5) is 12.0. The second-order valence-electron chi connectivity index (χ2n) is 2.68. The van der Waals surface area contributed by atoms with Gasteiger partial charge in [0.25, 0.3) is 4.06 Å². The van der Waals surface area contributed by atoms with Crippen LogP contribution in [0.2, 0.25) is 0 Å². The van der Waals surface area contributed by atoms with Gasteiger partial charge in [0.05, 0.1) is 7.11 Å². The summed E-state index contributed by atoms with van der Waals surface area (Å²) in [5, 5.41) is 1.88. The maximum Gasteiger partial charge on any atom is 0.287 e. The van der Waals surface area contributed by atoms with Crippen LogP contribution in [0.15, 0.2) is 34.4 Å². The highest BCUT2D eigenvalue weighted by atomic mass is 32.2. The Kier molecular flexibility index (Phi) is 2.65. The third kappa shape index (κ3) is 1.86. The molecule has 0 saturated heterocycles. The van der Waals surface area contributed by atoms with E-state index in [1.54, 1.807) is 7.11 Å². The molecule has 0 N–H and O–H groups in total. The quantitative estimate of drug-likeness (QED) is 0.784. The Morgan fingerprint density at radius 1 is 1.36 bits per heavy atom. The van der Waals surface area contributed by atoms with Gasteiger partial charge in [-0.2, -0.15) is 0 Å². The van der Waals surface area contributed by atoms with Crippen LogP contribution in [0.3, 0.4) is 0 Å². The smallest absolute Gasteiger partial charge is 0.287 e. The predicted molar refractivity (Wildman–Crippen MR) is 60.5 cm³/mol. The molecule has 14 heavy (non-hydrogen) atoms. The van der Waals surface area contributed by atoms with Crippen LogP contribution in [0, 0.1) is 0 Å². The van der Waals surface area contributed by atoms with Crippen LogP contribution in [0.5, 0.6) is 5.75 Å². The molecule has 0 aliphatic carbocycles. The lowest BCUT2D eigenvalue weighted by atomic mass is 10.2. The molecule has 0 aliphatic heterocycles. The summed E-state index contributed by atoms with van der Waals surface area (Å²) in [6, 6.07) is 7.71. The second-order valence-corrected chi connectivity index (χ2v) is 4.80. The third-order valence-electron chi connectivity index (χ3n) is 1.81. The first-order valence-corrected chi connectivity index (χ1v) is 5.72. The van der Waals surface area contributed by atoms with Crippen molar-refractivity contribution in [3.05, 3.63) is 38.5 Å². The Labute approximate surface area is 89.4 Å². The highest BCUT2D eigenvalue weighted by Crippen LogP contribution is 2.26. The molecule has 2 rings (SSSR count). The van der Waals surface area contributed by atoms with E-state index in [-0.39, 0.29) is 4.06 Å². The van der Waals surface area contributed by atoms with Gasteiger partial charge in [0, 0.05) is 10.3 Å². The maximum absolute atomic E-state index is 11.0. The van der Waals surface area contributed by atoms with E-state index in [1.165, 1.54) is 22.7 Å². The Bertz CT molecular complexity index is 485. The molecule has 0 saturated carbocycles. The van der Waals surface area contributed by atoms with Gasteiger partial charge in [-0.1, -0.05) is 34.8 Å². The molecule has 72 valence electrons. The molecule has 2 nitrogen and oxygen atoms in total. The van der Waals surface area contributed by atoms with Gasteiger partial charge in [0.1, 0.15) is 5.75 Å². The maximum atomic E-state index is 11.0. The molecule has 1 aromatic carbocycles. The van der Waals surface area contributed by atoms with Crippen molar-refractivity contribution in [2.45, 2.75) is 0 Å². The standard InChI is InChI=1S/C10H8O2S2/c1-12-8-4-2-3-7(5-8)9-6-13-10(11)14-9/h2-6H,1H3. The number of hydrogen-bond acceptors (Lipinski definition) is 4. The molecule has 0 spiro atoms. The summed E-state index contributed by atoms with van der Waals surface area (Å²) >= 11 is 2.50. The average Bonchev–Trinajstić information content (AvgIpc) is 2.65. The van der Waals surface area contributed by atoms with Crippen molar-refractivity contribution in [3.63, 3.8) is 0 Å². The van der Waals surface area contributed by atoms with Crippen LogP contribution < -0.4 is 8.79 Å². The summed E-state index contributed by atoms with van der Waals surface area (Å²) in [5.41, 5.74) is 1.03. The molecule has 1 heterocycles. The first-order chi connectivity index (χ1) is 6.79. The van der Waals surface area contributed by atoms with Gasteiger partial charge in [0.2, 0.25) is 0 Å². The Morgan fingerprint density at radius 3 is 2.86 bits per heavy atom. The summed E-state index contributed by atoms with van der Waals surface area (Å²) in [7, 11) is 1.63. The van der Waals surface area contributed by atoms with Crippen LogP contribution in [0.25, 0.3) is 10.4 Å². The van der Waals surface area contributed by atoms with Gasteiger partial charge in [-0.3, -0.25) is 4.79 Å². The third-order valence-corrected chi connectivity index (χ3v) is 3.78. The lowest BCUT2D eigenvalue weighted by Crippen LogP contribution is -1.82. The molecule has 0 atom stereocenters. The summed E-state index contributed by atoms with van der Waals surface area (Å²) in [6.07, 6.45) is 0. The van der Waals surface area contributed by atoms with E-state index in [4.69, 9.17) is 4.74 Å². The summed E-state index contributed by atoms with van der Waals surface area (Å²) < 4.78 is 5.24. The molecule has 0 aliphatic rings. The zero-order chi connectivity index (χ0) is 9.97. The van der Waals surface area contributed by atoms with Crippen molar-refractivity contribution in [3.8, 4) is 16.2 Å². The van der Waals surface area contributed by atoms with E-state index in [9.17, 15) is 4.79 Å². The van der Waals surface area contributed by atoms with Crippen molar-refractivity contribution < 1.29 is 4.74 Å². The van der Waals surface area contributed by atoms with Crippen LogP contribution in [0.1, 0.15) is 0 Å². The second kappa shape index (κ2) is 3.94. The molecule has 0 bridgehead atoms. The van der Waals surface area contributed by atoms with Crippen molar-refractivity contribution >= 4 is 22.7 Å². The van der Waals surface area contributed by atoms with Crippen LogP contribution in [-0.2, 0) is 0 Å². The van der Waals surface area contributed by atoms with Crippen LogP contribution in [-0.4, -0.2) is 7.11 Å². The number of ether oxygens (including phenoxy) is 1. The fourth-order valence-corrected chi connectivity index (χ4v) is 2.85. The molecular formula is C10H8O2S2. The fraction of sp³-hybridized carbons (Fsp3) is 0.100. The summed E-state index contributed by atoms with van der Waals surface area (Å²) in [5.74, 6) is 0.813. The predicted octanol–water partition coefficient (Wildman–Crippen LogP) is 2.85. The largest absolute Gasteiger partial charge is 0.497 e. The van der Waals surface area contributed by atoms with E-state index in [2.05, 4.69) is 0 Å². The van der Waals surface area contributed by atoms with Gasteiger partial charge in [-0.15, -0.1) is 0 Å². The van der Waals surface area contributed by atoms with Crippen molar-refractivity contribution in [1.29, 1.82) is 0 Å². The number of rotatable bonds is 2. The van der Waals surface area contributed by atoms with Crippen molar-refractivity contribution in [2.24, 2.45) is 0 Å². The van der Waals surface area contributed by atoms with Crippen molar-refractivity contribution in [2.75, 3.05) is 7.11 Å². The minimum atomic E-state index is 0.128. The molecular weight excluding hydrogens is 216 g/mol. The lowest BCUT2D eigenvalue weighted by Gasteiger charge is -2.00. The number of benzene rings is 1. The lowest BCUT2D eigenvalue weighted by molar-refractivity contribution is 0.415. The summed E-state index contributed by atoms with van der Waals surface area (Å²) in [6.45, 7) is 0. The highest BCUT2D eigenvalue weighted by Gasteiger charge is 2.02. The van der Waals surface area contributed by atoms with Gasteiger partial charge >= 0.3 is 0 Å². The zero-order valence-corrected chi connectivity index (χ0v) is 9.15. The average molecular weight is 224 g/mol. The van der Waals surface area contributed by atoms with Gasteiger partial charge < -0.3 is 4.74 Å². The number of hydrogen-bond donors (Lipinski definition) is 0. The number of methoxy groups -OCH3 is 1. The van der Waals surface area contributed by atoms with Crippen molar-refractivity contribution in [1.82, 2.24) is 0 Å². The molecule has 0 fully saturated rings. The Hall–Kier alpha value is -1.13. The molecule has 1 aromatic heterocycles. The monoisotopic (exact) mass is 224 g/mol. The highest BCUT2D eigenvalue weighted by molar-refractivity contribution is 7.28. The van der Waals surface area contributed by atoms with Gasteiger partial charge in [-0.05, 0) is 17.7 Å². The topological polar surface area (TPSA) is 26.3 Å². The minimum Gasteiger partial charge on any atom is -0.497 e. The molecule has 0 amide bonds. The van der Waals surface area contributed by atoms with Gasteiger partial charge in [-0.25, -0.2) is 0 Å². The molecule has 4 heteroatoms. The molecule has 0 unspecified atom stereocenters. The minimum absolute atomic E-state index is 0.128. The van der Waals surface area contributed by atoms with E-state index >= 15 is 0 Å². The van der Waals surface area contributed by atoms with Gasteiger partial charge in [0.15, 0.2) is 0 Å². The van der Waals surface area contributed by atoms with E-state index in [1.807, 2.05) is 29.6 Å². The zero-order valence-electron chi connectivity index (χ0n) is 7.52.